The molecule has 1 unspecified atom stereocenters. The van der Waals surface area contributed by atoms with E-state index in [1.54, 1.807) is 0 Å². The number of aryl methyl sites for hydroxylation is 2. The second-order valence-corrected chi connectivity index (χ2v) is 6.75. The molecule has 1 aliphatic carbocycles. The van der Waals surface area contributed by atoms with E-state index in [1.807, 2.05) is 12.1 Å². The molecule has 0 radical (unpaired) electrons. The summed E-state index contributed by atoms with van der Waals surface area (Å²) in [6.07, 6.45) is 3.96. The molecule has 1 amide bonds. The molecule has 3 rings (SSSR count). The van der Waals surface area contributed by atoms with Crippen molar-refractivity contribution < 1.29 is 9.53 Å². The van der Waals surface area contributed by atoms with E-state index in [0.717, 1.165) is 31.3 Å². The molecule has 2 aliphatic rings. The van der Waals surface area contributed by atoms with Crippen LogP contribution in [0.25, 0.3) is 0 Å². The number of amides is 1. The van der Waals surface area contributed by atoms with Crippen LogP contribution < -0.4 is 5.32 Å². The second kappa shape index (κ2) is 6.80. The summed E-state index contributed by atoms with van der Waals surface area (Å²) in [6.45, 7) is 7.24. The molecule has 4 nitrogen and oxygen atoms in total. The summed E-state index contributed by atoms with van der Waals surface area (Å²) in [5.74, 6) is 0.832. The Balaban J connectivity index is 1.65. The minimum absolute atomic E-state index is 0.0593. The van der Waals surface area contributed by atoms with E-state index in [-0.39, 0.29) is 11.9 Å². The Kier molecular flexibility index (Phi) is 4.79. The minimum Gasteiger partial charge on any atom is -0.378 e. The molecule has 1 heterocycles. The van der Waals surface area contributed by atoms with Gasteiger partial charge in [0.05, 0.1) is 13.2 Å². The van der Waals surface area contributed by atoms with E-state index < -0.39 is 0 Å². The number of carbonyl (C=O) groups excluding carboxylic acids is 1. The van der Waals surface area contributed by atoms with Gasteiger partial charge in [0, 0.05) is 18.8 Å². The molecule has 1 aromatic rings. The largest absolute Gasteiger partial charge is 0.378 e. The van der Waals surface area contributed by atoms with Crippen LogP contribution in [0.4, 0.5) is 5.69 Å². The van der Waals surface area contributed by atoms with Crippen molar-refractivity contribution in [3.63, 3.8) is 0 Å². The number of carbonyl (C=O) groups is 1. The third kappa shape index (κ3) is 3.68. The summed E-state index contributed by atoms with van der Waals surface area (Å²) in [4.78, 5) is 15.0. The molecule has 1 N–H and O–H groups in total. The van der Waals surface area contributed by atoms with E-state index in [2.05, 4.69) is 30.1 Å². The van der Waals surface area contributed by atoms with Crippen LogP contribution in [0, 0.1) is 19.8 Å². The SMILES string of the molecule is Cc1cc(C)cc(NC(=O)C2COCCN2CC2CCC2)c1. The van der Waals surface area contributed by atoms with Crippen LogP contribution in [-0.2, 0) is 9.53 Å². The molecule has 120 valence electrons. The maximum Gasteiger partial charge on any atom is 0.244 e. The van der Waals surface area contributed by atoms with E-state index in [0.29, 0.717) is 6.61 Å². The van der Waals surface area contributed by atoms with Crippen molar-refractivity contribution in [1.82, 2.24) is 4.90 Å². The molecule has 2 fully saturated rings. The highest BCUT2D eigenvalue weighted by molar-refractivity contribution is 5.95. The Morgan fingerprint density at radius 3 is 2.64 bits per heavy atom. The van der Waals surface area contributed by atoms with E-state index in [1.165, 1.54) is 30.4 Å². The highest BCUT2D eigenvalue weighted by Crippen LogP contribution is 2.28. The topological polar surface area (TPSA) is 41.6 Å². The highest BCUT2D eigenvalue weighted by Gasteiger charge is 2.32. The lowest BCUT2D eigenvalue weighted by atomic mass is 9.84. The third-order valence-corrected chi connectivity index (χ3v) is 4.75. The first-order valence-electron chi connectivity index (χ1n) is 8.33. The lowest BCUT2D eigenvalue weighted by molar-refractivity contribution is -0.128. The third-order valence-electron chi connectivity index (χ3n) is 4.75. The molecule has 1 aromatic carbocycles. The van der Waals surface area contributed by atoms with Gasteiger partial charge < -0.3 is 10.1 Å². The lowest BCUT2D eigenvalue weighted by Gasteiger charge is -2.39. The smallest absolute Gasteiger partial charge is 0.244 e. The molecule has 4 heteroatoms. The first-order valence-corrected chi connectivity index (χ1v) is 8.33. The van der Waals surface area contributed by atoms with Gasteiger partial charge in [0.15, 0.2) is 0 Å². The molecule has 1 atom stereocenters. The fourth-order valence-corrected chi connectivity index (χ4v) is 3.38. The van der Waals surface area contributed by atoms with Crippen molar-refractivity contribution in [2.75, 3.05) is 31.6 Å². The van der Waals surface area contributed by atoms with Crippen molar-refractivity contribution in [2.45, 2.75) is 39.2 Å². The number of hydrogen-bond donors (Lipinski definition) is 1. The molecule has 1 saturated heterocycles. The van der Waals surface area contributed by atoms with Crippen molar-refractivity contribution in [3.8, 4) is 0 Å². The number of morpholine rings is 1. The number of nitrogens with zero attached hydrogens (tertiary/aromatic N) is 1. The zero-order valence-electron chi connectivity index (χ0n) is 13.6. The van der Waals surface area contributed by atoms with Crippen molar-refractivity contribution in [1.29, 1.82) is 0 Å². The fraction of sp³-hybridized carbons (Fsp3) is 0.611. The Labute approximate surface area is 132 Å². The quantitative estimate of drug-likeness (QED) is 0.930. The second-order valence-electron chi connectivity index (χ2n) is 6.75. The molecular formula is C18H26N2O2. The first-order chi connectivity index (χ1) is 10.6. The van der Waals surface area contributed by atoms with Crippen molar-refractivity contribution in [3.05, 3.63) is 29.3 Å². The number of anilines is 1. The Morgan fingerprint density at radius 2 is 2.00 bits per heavy atom. The molecule has 0 bridgehead atoms. The molecule has 22 heavy (non-hydrogen) atoms. The average Bonchev–Trinajstić information content (AvgIpc) is 2.42. The monoisotopic (exact) mass is 302 g/mol. The maximum absolute atomic E-state index is 12.7. The Morgan fingerprint density at radius 1 is 1.27 bits per heavy atom. The van der Waals surface area contributed by atoms with Crippen LogP contribution in [0.1, 0.15) is 30.4 Å². The summed E-state index contributed by atoms with van der Waals surface area (Å²) >= 11 is 0. The van der Waals surface area contributed by atoms with Crippen LogP contribution in [0.15, 0.2) is 18.2 Å². The van der Waals surface area contributed by atoms with Gasteiger partial charge >= 0.3 is 0 Å². The van der Waals surface area contributed by atoms with Crippen molar-refractivity contribution in [2.24, 2.45) is 5.92 Å². The summed E-state index contributed by atoms with van der Waals surface area (Å²) in [5, 5.41) is 3.07. The molecule has 0 spiro atoms. The number of nitrogens with one attached hydrogen (secondary N) is 1. The van der Waals surface area contributed by atoms with Gasteiger partial charge in [-0.15, -0.1) is 0 Å². The molecular weight excluding hydrogens is 276 g/mol. The predicted octanol–water partition coefficient (Wildman–Crippen LogP) is 2.74. The van der Waals surface area contributed by atoms with Gasteiger partial charge in [-0.05, 0) is 55.9 Å². The van der Waals surface area contributed by atoms with Crippen molar-refractivity contribution >= 4 is 11.6 Å². The molecule has 0 aromatic heterocycles. The summed E-state index contributed by atoms with van der Waals surface area (Å²) in [5.41, 5.74) is 3.22. The lowest BCUT2D eigenvalue weighted by Crippen LogP contribution is -2.53. The van der Waals surface area contributed by atoms with Crippen LogP contribution in [0.2, 0.25) is 0 Å². The van der Waals surface area contributed by atoms with Gasteiger partial charge in [-0.25, -0.2) is 0 Å². The first kappa shape index (κ1) is 15.5. The number of benzene rings is 1. The van der Waals surface area contributed by atoms with Gasteiger partial charge in [-0.2, -0.15) is 0 Å². The molecule has 1 aliphatic heterocycles. The van der Waals surface area contributed by atoms with Crippen LogP contribution in [0.5, 0.6) is 0 Å². The van der Waals surface area contributed by atoms with Gasteiger partial charge in [-0.1, -0.05) is 12.5 Å². The van der Waals surface area contributed by atoms with E-state index in [4.69, 9.17) is 4.74 Å². The average molecular weight is 302 g/mol. The highest BCUT2D eigenvalue weighted by atomic mass is 16.5. The Bertz CT molecular complexity index is 520. The van der Waals surface area contributed by atoms with E-state index >= 15 is 0 Å². The van der Waals surface area contributed by atoms with Crippen LogP contribution >= 0.6 is 0 Å². The summed E-state index contributed by atoms with van der Waals surface area (Å²) in [7, 11) is 0. The zero-order chi connectivity index (χ0) is 15.5. The van der Waals surface area contributed by atoms with Crippen LogP contribution in [-0.4, -0.2) is 43.2 Å². The number of hydrogen-bond acceptors (Lipinski definition) is 3. The standard InChI is InChI=1S/C18H26N2O2/c1-13-8-14(2)10-16(9-13)19-18(21)17-12-22-7-6-20(17)11-15-4-3-5-15/h8-10,15,17H,3-7,11-12H2,1-2H3,(H,19,21). The predicted molar refractivity (Wildman–Crippen MR) is 88.1 cm³/mol. The zero-order valence-corrected chi connectivity index (χ0v) is 13.6. The van der Waals surface area contributed by atoms with Gasteiger partial charge in [-0.3, -0.25) is 9.69 Å². The van der Waals surface area contributed by atoms with Gasteiger partial charge in [0.2, 0.25) is 5.91 Å². The Hall–Kier alpha value is -1.39. The van der Waals surface area contributed by atoms with Gasteiger partial charge in [0.25, 0.3) is 0 Å². The van der Waals surface area contributed by atoms with E-state index in [9.17, 15) is 4.79 Å². The number of ether oxygens (including phenoxy) is 1. The summed E-state index contributed by atoms with van der Waals surface area (Å²) < 4.78 is 5.55. The summed E-state index contributed by atoms with van der Waals surface area (Å²) in [6, 6.07) is 5.99. The molecule has 1 saturated carbocycles. The fourth-order valence-electron chi connectivity index (χ4n) is 3.38. The minimum atomic E-state index is -0.157. The normalized spacial score (nSPS) is 23.1. The van der Waals surface area contributed by atoms with Crippen LogP contribution in [0.3, 0.4) is 0 Å². The maximum atomic E-state index is 12.7. The number of rotatable bonds is 4. The van der Waals surface area contributed by atoms with Gasteiger partial charge in [0.1, 0.15) is 6.04 Å².